The van der Waals surface area contributed by atoms with Crippen molar-refractivity contribution in [3.05, 3.63) is 78.4 Å². The van der Waals surface area contributed by atoms with E-state index in [0.29, 0.717) is 11.1 Å². The van der Waals surface area contributed by atoms with Crippen LogP contribution < -0.4 is 0 Å². The third-order valence-corrected chi connectivity index (χ3v) is 3.69. The summed E-state index contributed by atoms with van der Waals surface area (Å²) in [4.78, 5) is 11.9. The van der Waals surface area contributed by atoms with Gasteiger partial charge in [0, 0.05) is 5.56 Å². The van der Waals surface area contributed by atoms with Crippen LogP contribution in [0.2, 0.25) is 0 Å². The van der Waals surface area contributed by atoms with E-state index in [1.165, 1.54) is 13.2 Å². The van der Waals surface area contributed by atoms with Gasteiger partial charge >= 0.3 is 5.97 Å². The molecule has 0 aliphatic carbocycles. The second-order valence-corrected chi connectivity index (χ2v) is 5.14. The fourth-order valence-corrected chi connectivity index (χ4v) is 2.62. The Balaban J connectivity index is 2.28. The molecule has 0 spiro atoms. The lowest BCUT2D eigenvalue weighted by Gasteiger charge is -2.14. The van der Waals surface area contributed by atoms with E-state index in [4.69, 9.17) is 4.74 Å². The van der Waals surface area contributed by atoms with Gasteiger partial charge in [0.05, 0.1) is 12.7 Å². The van der Waals surface area contributed by atoms with E-state index in [0.717, 1.165) is 16.7 Å². The summed E-state index contributed by atoms with van der Waals surface area (Å²) < 4.78 is 4.78. The van der Waals surface area contributed by atoms with E-state index in [9.17, 15) is 9.90 Å². The van der Waals surface area contributed by atoms with Gasteiger partial charge in [0.25, 0.3) is 0 Å². The summed E-state index contributed by atoms with van der Waals surface area (Å²) in [6.45, 7) is 0. The summed E-state index contributed by atoms with van der Waals surface area (Å²) in [7, 11) is 1.33. The van der Waals surface area contributed by atoms with E-state index >= 15 is 0 Å². The summed E-state index contributed by atoms with van der Waals surface area (Å²) in [5.74, 6) is -0.421. The van der Waals surface area contributed by atoms with Gasteiger partial charge in [-0.15, -0.1) is 0 Å². The van der Waals surface area contributed by atoms with Crippen LogP contribution in [0.5, 0.6) is 5.75 Å². The Morgan fingerprint density at radius 3 is 2.00 bits per heavy atom. The van der Waals surface area contributed by atoms with Crippen LogP contribution in [0.25, 0.3) is 22.3 Å². The van der Waals surface area contributed by atoms with Gasteiger partial charge in [-0.2, -0.15) is 0 Å². The smallest absolute Gasteiger partial charge is 0.338 e. The van der Waals surface area contributed by atoms with Crippen LogP contribution in [0.1, 0.15) is 10.4 Å². The van der Waals surface area contributed by atoms with E-state index in [2.05, 4.69) is 0 Å². The second kappa shape index (κ2) is 6.36. The van der Waals surface area contributed by atoms with Gasteiger partial charge in [-0.3, -0.25) is 0 Å². The van der Waals surface area contributed by atoms with Crippen molar-refractivity contribution in [2.75, 3.05) is 7.11 Å². The van der Waals surface area contributed by atoms with Crippen molar-refractivity contribution in [1.82, 2.24) is 0 Å². The maximum absolute atomic E-state index is 11.9. The average Bonchev–Trinajstić information content (AvgIpc) is 2.61. The molecule has 0 radical (unpaired) electrons. The molecule has 3 rings (SSSR count). The van der Waals surface area contributed by atoms with Gasteiger partial charge in [-0.25, -0.2) is 4.79 Å². The number of esters is 1. The fraction of sp³-hybridized carbons (Fsp3) is 0.0500. The van der Waals surface area contributed by atoms with Crippen LogP contribution in [0.15, 0.2) is 72.8 Å². The Morgan fingerprint density at radius 2 is 1.43 bits per heavy atom. The topological polar surface area (TPSA) is 46.5 Å². The standard InChI is InChI=1S/C20H16O3/c1-23-20(22)16-12-17(14-8-4-2-5-9-14)19(18(21)13-16)15-10-6-3-7-11-15/h2-13,21H,1H3. The number of carbonyl (C=O) groups is 1. The molecule has 3 nitrogen and oxygen atoms in total. The molecule has 0 fully saturated rings. The van der Waals surface area contributed by atoms with Crippen molar-refractivity contribution in [2.45, 2.75) is 0 Å². The van der Waals surface area contributed by atoms with Crippen molar-refractivity contribution in [1.29, 1.82) is 0 Å². The highest BCUT2D eigenvalue weighted by molar-refractivity contribution is 5.96. The number of benzene rings is 3. The molecule has 0 aliphatic heterocycles. The molecule has 1 N–H and O–H groups in total. The number of methoxy groups -OCH3 is 1. The van der Waals surface area contributed by atoms with Gasteiger partial charge in [0.15, 0.2) is 0 Å². The zero-order valence-electron chi connectivity index (χ0n) is 12.7. The van der Waals surface area contributed by atoms with Crippen LogP contribution in [0.3, 0.4) is 0 Å². The molecular formula is C20H16O3. The van der Waals surface area contributed by atoms with E-state index in [1.54, 1.807) is 6.07 Å². The summed E-state index contributed by atoms with van der Waals surface area (Å²) in [5, 5.41) is 10.5. The predicted octanol–water partition coefficient (Wildman–Crippen LogP) is 4.51. The molecule has 3 aromatic rings. The van der Waals surface area contributed by atoms with Crippen molar-refractivity contribution in [2.24, 2.45) is 0 Å². The Morgan fingerprint density at radius 1 is 0.870 bits per heavy atom. The zero-order valence-corrected chi connectivity index (χ0v) is 12.7. The summed E-state index contributed by atoms with van der Waals surface area (Å²) >= 11 is 0. The number of rotatable bonds is 3. The van der Waals surface area contributed by atoms with Crippen LogP contribution in [-0.2, 0) is 4.74 Å². The first-order chi connectivity index (χ1) is 11.2. The number of hydrogen-bond donors (Lipinski definition) is 1. The molecule has 3 aromatic carbocycles. The largest absolute Gasteiger partial charge is 0.507 e. The third-order valence-electron chi connectivity index (χ3n) is 3.69. The Kier molecular flexibility index (Phi) is 4.11. The first-order valence-corrected chi connectivity index (χ1v) is 7.27. The van der Waals surface area contributed by atoms with Crippen molar-refractivity contribution in [3.63, 3.8) is 0 Å². The molecule has 0 aromatic heterocycles. The maximum Gasteiger partial charge on any atom is 0.338 e. The highest BCUT2D eigenvalue weighted by Gasteiger charge is 2.17. The number of hydrogen-bond acceptors (Lipinski definition) is 3. The van der Waals surface area contributed by atoms with Gasteiger partial charge < -0.3 is 9.84 Å². The SMILES string of the molecule is COC(=O)c1cc(O)c(-c2ccccc2)c(-c2ccccc2)c1. The Bertz CT molecular complexity index is 824. The number of aromatic hydroxyl groups is 1. The lowest BCUT2D eigenvalue weighted by molar-refractivity contribution is 0.0600. The highest BCUT2D eigenvalue weighted by Crippen LogP contribution is 2.39. The van der Waals surface area contributed by atoms with Gasteiger partial charge in [0.2, 0.25) is 0 Å². The predicted molar refractivity (Wildman–Crippen MR) is 90.3 cm³/mol. The van der Waals surface area contributed by atoms with Crippen LogP contribution >= 0.6 is 0 Å². The van der Waals surface area contributed by atoms with Gasteiger partial charge in [-0.1, -0.05) is 60.7 Å². The Hall–Kier alpha value is -3.07. The molecular weight excluding hydrogens is 288 g/mol. The summed E-state index contributed by atoms with van der Waals surface area (Å²) in [6.07, 6.45) is 0. The molecule has 0 aliphatic rings. The quantitative estimate of drug-likeness (QED) is 0.724. The van der Waals surface area contributed by atoms with Crippen molar-refractivity contribution < 1.29 is 14.6 Å². The van der Waals surface area contributed by atoms with E-state index in [-0.39, 0.29) is 5.75 Å². The Labute approximate surface area is 134 Å². The van der Waals surface area contributed by atoms with Gasteiger partial charge in [0.1, 0.15) is 5.75 Å². The first-order valence-electron chi connectivity index (χ1n) is 7.27. The second-order valence-electron chi connectivity index (χ2n) is 5.14. The molecule has 114 valence electrons. The molecule has 0 atom stereocenters. The molecule has 0 unspecified atom stereocenters. The molecule has 0 amide bonds. The molecule has 0 heterocycles. The summed E-state index contributed by atoms with van der Waals surface area (Å²) in [5.41, 5.74) is 3.62. The number of carbonyl (C=O) groups excluding carboxylic acids is 1. The van der Waals surface area contributed by atoms with Crippen molar-refractivity contribution >= 4 is 5.97 Å². The maximum atomic E-state index is 11.9. The minimum absolute atomic E-state index is 0.0537. The van der Waals surface area contributed by atoms with Gasteiger partial charge in [-0.05, 0) is 28.8 Å². The lowest BCUT2D eigenvalue weighted by atomic mass is 9.92. The minimum atomic E-state index is -0.475. The number of phenolic OH excluding ortho intramolecular Hbond substituents is 1. The monoisotopic (exact) mass is 304 g/mol. The van der Waals surface area contributed by atoms with E-state index < -0.39 is 5.97 Å². The minimum Gasteiger partial charge on any atom is -0.507 e. The lowest BCUT2D eigenvalue weighted by Crippen LogP contribution is -2.02. The molecule has 0 saturated carbocycles. The van der Waals surface area contributed by atoms with Crippen molar-refractivity contribution in [3.8, 4) is 28.0 Å². The molecule has 3 heteroatoms. The van der Waals surface area contributed by atoms with Crippen LogP contribution in [0.4, 0.5) is 0 Å². The normalized spacial score (nSPS) is 10.3. The average molecular weight is 304 g/mol. The fourth-order valence-electron chi connectivity index (χ4n) is 2.62. The van der Waals surface area contributed by atoms with E-state index in [1.807, 2.05) is 60.7 Å². The third kappa shape index (κ3) is 2.94. The molecule has 0 bridgehead atoms. The van der Waals surface area contributed by atoms with Crippen LogP contribution in [0, 0.1) is 0 Å². The first kappa shape index (κ1) is 14.9. The number of phenols is 1. The highest BCUT2D eigenvalue weighted by atomic mass is 16.5. The molecule has 23 heavy (non-hydrogen) atoms. The summed E-state index contributed by atoms with van der Waals surface area (Å²) in [6, 6.07) is 22.5. The number of ether oxygens (including phenoxy) is 1. The van der Waals surface area contributed by atoms with Crippen LogP contribution in [-0.4, -0.2) is 18.2 Å². The molecule has 0 saturated heterocycles. The zero-order chi connectivity index (χ0) is 16.2.